The zero-order chi connectivity index (χ0) is 16.2. The Morgan fingerprint density at radius 2 is 1.88 bits per heavy atom. The summed E-state index contributed by atoms with van der Waals surface area (Å²) in [6.45, 7) is 6.44. The lowest BCUT2D eigenvalue weighted by Gasteiger charge is -2.39. The standard InChI is InChI=1S/C17H25N3O3.2ClH/c1-13-16(18-7-12-23-13)17(21)20-10-8-19(9-11-20)14-5-3-4-6-15(14)22-2;;/h3-6,13,16,18H,7-12H2,1-2H3;2*1H/t13-,16+;;/m1../s1. The molecule has 1 aromatic carbocycles. The van der Waals surface area contributed by atoms with Gasteiger partial charge < -0.3 is 24.6 Å². The smallest absolute Gasteiger partial charge is 0.242 e. The van der Waals surface area contributed by atoms with Gasteiger partial charge in [0.1, 0.15) is 11.8 Å². The van der Waals surface area contributed by atoms with E-state index in [1.165, 1.54) is 0 Å². The van der Waals surface area contributed by atoms with Crippen LogP contribution < -0.4 is 15.0 Å². The van der Waals surface area contributed by atoms with E-state index in [4.69, 9.17) is 9.47 Å². The van der Waals surface area contributed by atoms with Gasteiger partial charge in [0.05, 0.1) is 25.5 Å². The number of carbonyl (C=O) groups is 1. The Balaban J connectivity index is 0.00000156. The minimum absolute atomic E-state index is 0. The molecule has 2 saturated heterocycles. The predicted molar refractivity (Wildman–Crippen MR) is 103 cm³/mol. The number of nitrogens with one attached hydrogen (secondary N) is 1. The number of carbonyl (C=O) groups excluding carboxylic acids is 1. The van der Waals surface area contributed by atoms with E-state index in [0.717, 1.165) is 44.2 Å². The summed E-state index contributed by atoms with van der Waals surface area (Å²) in [4.78, 5) is 16.9. The van der Waals surface area contributed by atoms with Gasteiger partial charge in [0, 0.05) is 32.7 Å². The summed E-state index contributed by atoms with van der Waals surface area (Å²) < 4.78 is 11.0. The highest BCUT2D eigenvalue weighted by Crippen LogP contribution is 2.28. The summed E-state index contributed by atoms with van der Waals surface area (Å²) in [6, 6.07) is 7.80. The zero-order valence-corrected chi connectivity index (χ0v) is 16.3. The van der Waals surface area contributed by atoms with Crippen LogP contribution >= 0.6 is 24.8 Å². The Morgan fingerprint density at radius 1 is 1.20 bits per heavy atom. The van der Waals surface area contributed by atoms with Gasteiger partial charge in [-0.05, 0) is 19.1 Å². The SMILES string of the molecule is COc1ccccc1N1CCN(C(=O)[C@H]2NCCO[C@@H]2C)CC1.Cl.Cl. The van der Waals surface area contributed by atoms with Crippen molar-refractivity contribution in [1.29, 1.82) is 0 Å². The molecule has 0 bridgehead atoms. The minimum atomic E-state index is -0.221. The molecule has 0 unspecified atom stereocenters. The van der Waals surface area contributed by atoms with Crippen LogP contribution in [-0.2, 0) is 9.53 Å². The Morgan fingerprint density at radius 3 is 2.52 bits per heavy atom. The Labute approximate surface area is 161 Å². The molecule has 25 heavy (non-hydrogen) atoms. The van der Waals surface area contributed by atoms with Gasteiger partial charge in [0.2, 0.25) is 5.91 Å². The molecule has 2 heterocycles. The van der Waals surface area contributed by atoms with Gasteiger partial charge in [0.15, 0.2) is 0 Å². The number of nitrogens with zero attached hydrogens (tertiary/aromatic N) is 2. The number of hydrogen-bond acceptors (Lipinski definition) is 5. The van der Waals surface area contributed by atoms with Crippen LogP contribution in [0.15, 0.2) is 24.3 Å². The normalized spacial score (nSPS) is 23.3. The maximum absolute atomic E-state index is 12.7. The molecule has 8 heteroatoms. The molecule has 2 atom stereocenters. The number of morpholine rings is 1. The van der Waals surface area contributed by atoms with Crippen LogP contribution in [0.2, 0.25) is 0 Å². The molecule has 0 aromatic heterocycles. The lowest BCUT2D eigenvalue weighted by Crippen LogP contribution is -2.59. The fraction of sp³-hybridized carbons (Fsp3) is 0.588. The third-order valence-electron chi connectivity index (χ3n) is 4.60. The summed E-state index contributed by atoms with van der Waals surface area (Å²) in [6.07, 6.45) is -0.0662. The second kappa shape index (κ2) is 10.1. The molecule has 0 radical (unpaired) electrons. The van der Waals surface area contributed by atoms with E-state index in [0.29, 0.717) is 6.61 Å². The maximum atomic E-state index is 12.7. The fourth-order valence-electron chi connectivity index (χ4n) is 3.26. The topological polar surface area (TPSA) is 54.0 Å². The van der Waals surface area contributed by atoms with Gasteiger partial charge in [0.25, 0.3) is 0 Å². The van der Waals surface area contributed by atoms with Crippen molar-refractivity contribution in [3.63, 3.8) is 0 Å². The van der Waals surface area contributed by atoms with Crippen LogP contribution in [0.3, 0.4) is 0 Å². The zero-order valence-electron chi connectivity index (χ0n) is 14.6. The molecule has 3 rings (SSSR count). The first-order valence-electron chi connectivity index (χ1n) is 8.22. The molecule has 2 aliphatic rings. The van der Waals surface area contributed by atoms with E-state index in [2.05, 4.69) is 16.3 Å². The Hall–Kier alpha value is -1.21. The van der Waals surface area contributed by atoms with Crippen LogP contribution in [0, 0.1) is 0 Å². The van der Waals surface area contributed by atoms with E-state index in [-0.39, 0.29) is 42.9 Å². The largest absolute Gasteiger partial charge is 0.495 e. The van der Waals surface area contributed by atoms with E-state index in [1.807, 2.05) is 30.0 Å². The molecule has 1 aromatic rings. The van der Waals surface area contributed by atoms with Crippen molar-refractivity contribution >= 4 is 36.4 Å². The third-order valence-corrected chi connectivity index (χ3v) is 4.60. The molecular formula is C17H27Cl2N3O3. The molecule has 1 amide bonds. The number of methoxy groups -OCH3 is 1. The summed E-state index contributed by atoms with van der Waals surface area (Å²) >= 11 is 0. The van der Waals surface area contributed by atoms with E-state index in [1.54, 1.807) is 7.11 Å². The minimum Gasteiger partial charge on any atom is -0.495 e. The molecule has 0 spiro atoms. The molecular weight excluding hydrogens is 365 g/mol. The average Bonchev–Trinajstić information content (AvgIpc) is 2.61. The van der Waals surface area contributed by atoms with Gasteiger partial charge >= 0.3 is 0 Å². The van der Waals surface area contributed by atoms with Crippen LogP contribution in [0.4, 0.5) is 5.69 Å². The third kappa shape index (κ3) is 4.91. The lowest BCUT2D eigenvalue weighted by molar-refractivity contribution is -0.139. The molecule has 6 nitrogen and oxygen atoms in total. The number of para-hydroxylation sites is 2. The van der Waals surface area contributed by atoms with E-state index >= 15 is 0 Å². The highest BCUT2D eigenvalue weighted by atomic mass is 35.5. The molecule has 142 valence electrons. The first kappa shape index (κ1) is 21.8. The van der Waals surface area contributed by atoms with Crippen LogP contribution in [-0.4, -0.2) is 69.4 Å². The van der Waals surface area contributed by atoms with Crippen molar-refractivity contribution in [3.05, 3.63) is 24.3 Å². The van der Waals surface area contributed by atoms with Crippen molar-refractivity contribution in [1.82, 2.24) is 10.2 Å². The Bertz CT molecular complexity index is 554. The number of rotatable bonds is 3. The maximum Gasteiger partial charge on any atom is 0.242 e. The number of halogens is 2. The van der Waals surface area contributed by atoms with Crippen molar-refractivity contribution < 1.29 is 14.3 Å². The summed E-state index contributed by atoms with van der Waals surface area (Å²) in [5.74, 6) is 1.03. The molecule has 2 aliphatic heterocycles. The molecule has 2 fully saturated rings. The first-order chi connectivity index (χ1) is 11.2. The fourth-order valence-corrected chi connectivity index (χ4v) is 3.26. The first-order valence-corrected chi connectivity index (χ1v) is 8.22. The van der Waals surface area contributed by atoms with Crippen molar-refractivity contribution in [3.8, 4) is 5.75 Å². The van der Waals surface area contributed by atoms with Crippen LogP contribution in [0.5, 0.6) is 5.75 Å². The van der Waals surface area contributed by atoms with Crippen LogP contribution in [0.1, 0.15) is 6.92 Å². The van der Waals surface area contributed by atoms with Crippen molar-refractivity contribution in [2.24, 2.45) is 0 Å². The van der Waals surface area contributed by atoms with E-state index in [9.17, 15) is 4.79 Å². The molecule has 0 saturated carbocycles. The van der Waals surface area contributed by atoms with Gasteiger partial charge in [-0.1, -0.05) is 12.1 Å². The number of amides is 1. The van der Waals surface area contributed by atoms with Crippen molar-refractivity contribution in [2.75, 3.05) is 51.3 Å². The number of benzene rings is 1. The highest BCUT2D eigenvalue weighted by Gasteiger charge is 2.33. The van der Waals surface area contributed by atoms with Gasteiger partial charge in [-0.25, -0.2) is 0 Å². The monoisotopic (exact) mass is 391 g/mol. The number of ether oxygens (including phenoxy) is 2. The van der Waals surface area contributed by atoms with Gasteiger partial charge in [-0.3, -0.25) is 4.79 Å². The lowest BCUT2D eigenvalue weighted by atomic mass is 10.1. The summed E-state index contributed by atoms with van der Waals surface area (Å²) in [7, 11) is 1.69. The Kier molecular flexibility index (Phi) is 8.79. The molecule has 0 aliphatic carbocycles. The average molecular weight is 392 g/mol. The van der Waals surface area contributed by atoms with Crippen molar-refractivity contribution in [2.45, 2.75) is 19.1 Å². The second-order valence-corrected chi connectivity index (χ2v) is 5.99. The number of hydrogen-bond donors (Lipinski definition) is 1. The second-order valence-electron chi connectivity index (χ2n) is 5.99. The summed E-state index contributed by atoms with van der Waals surface area (Å²) in [5, 5.41) is 3.28. The van der Waals surface area contributed by atoms with Crippen LogP contribution in [0.25, 0.3) is 0 Å². The van der Waals surface area contributed by atoms with E-state index < -0.39 is 0 Å². The quantitative estimate of drug-likeness (QED) is 0.847. The number of anilines is 1. The van der Waals surface area contributed by atoms with Gasteiger partial charge in [-0.2, -0.15) is 0 Å². The highest BCUT2D eigenvalue weighted by molar-refractivity contribution is 5.85. The predicted octanol–water partition coefficient (Wildman–Crippen LogP) is 1.56. The summed E-state index contributed by atoms with van der Waals surface area (Å²) in [5.41, 5.74) is 1.09. The number of piperazine rings is 1. The molecule has 1 N–H and O–H groups in total. The van der Waals surface area contributed by atoms with Gasteiger partial charge in [-0.15, -0.1) is 24.8 Å².